The molecule has 30 heavy (non-hydrogen) atoms. The molecular formula is C23H26N2O5. The van der Waals surface area contributed by atoms with E-state index in [1.54, 1.807) is 24.3 Å². The molecule has 0 aromatic heterocycles. The third kappa shape index (κ3) is 5.37. The fourth-order valence-electron chi connectivity index (χ4n) is 3.48. The van der Waals surface area contributed by atoms with Crippen molar-refractivity contribution in [1.82, 2.24) is 10.6 Å². The van der Waals surface area contributed by atoms with Crippen molar-refractivity contribution in [3.8, 4) is 5.75 Å². The van der Waals surface area contributed by atoms with Gasteiger partial charge in [-0.3, -0.25) is 14.4 Å². The van der Waals surface area contributed by atoms with Gasteiger partial charge >= 0.3 is 5.97 Å². The van der Waals surface area contributed by atoms with Crippen molar-refractivity contribution in [3.63, 3.8) is 0 Å². The number of amides is 2. The number of aryl methyl sites for hydroxylation is 1. The number of hydrogen-bond acceptors (Lipinski definition) is 5. The Morgan fingerprint density at radius 2 is 1.83 bits per heavy atom. The Bertz CT molecular complexity index is 910. The van der Waals surface area contributed by atoms with Gasteiger partial charge in [0.1, 0.15) is 12.3 Å². The minimum Gasteiger partial charge on any atom is -0.497 e. The monoisotopic (exact) mass is 410 g/mol. The number of carbonyl (C=O) groups is 3. The van der Waals surface area contributed by atoms with E-state index in [1.807, 2.05) is 18.2 Å². The molecule has 3 rings (SSSR count). The number of ether oxygens (including phenoxy) is 2. The number of methoxy groups -OCH3 is 1. The summed E-state index contributed by atoms with van der Waals surface area (Å²) in [5, 5.41) is 5.46. The maximum Gasteiger partial charge on any atom is 0.326 e. The zero-order chi connectivity index (χ0) is 21.5. The summed E-state index contributed by atoms with van der Waals surface area (Å²) in [5.74, 6) is -0.813. The van der Waals surface area contributed by atoms with Crippen molar-refractivity contribution in [2.24, 2.45) is 0 Å². The van der Waals surface area contributed by atoms with Crippen molar-refractivity contribution < 1.29 is 23.9 Å². The van der Waals surface area contributed by atoms with Crippen LogP contribution in [0.5, 0.6) is 5.75 Å². The molecule has 0 radical (unpaired) electrons. The Labute approximate surface area is 175 Å². The van der Waals surface area contributed by atoms with Gasteiger partial charge in [-0.15, -0.1) is 0 Å². The number of benzene rings is 2. The molecule has 1 aliphatic carbocycles. The summed E-state index contributed by atoms with van der Waals surface area (Å²) in [6, 6.07) is 14.5. The molecule has 158 valence electrons. The molecule has 0 unspecified atom stereocenters. The zero-order valence-corrected chi connectivity index (χ0v) is 17.1. The number of rotatable bonds is 7. The van der Waals surface area contributed by atoms with Crippen LogP contribution in [0.2, 0.25) is 0 Å². The highest BCUT2D eigenvalue weighted by atomic mass is 16.5. The number of hydrogen-bond donors (Lipinski definition) is 2. The van der Waals surface area contributed by atoms with Gasteiger partial charge in [0, 0.05) is 5.56 Å². The lowest BCUT2D eigenvalue weighted by Crippen LogP contribution is -2.41. The van der Waals surface area contributed by atoms with E-state index in [1.165, 1.54) is 19.6 Å². The first-order valence-corrected chi connectivity index (χ1v) is 9.98. The van der Waals surface area contributed by atoms with E-state index in [2.05, 4.69) is 16.7 Å². The van der Waals surface area contributed by atoms with Crippen LogP contribution in [0.15, 0.2) is 48.5 Å². The minimum atomic E-state index is -0.954. The maximum atomic E-state index is 12.5. The van der Waals surface area contributed by atoms with Crippen LogP contribution in [0.25, 0.3) is 0 Å². The van der Waals surface area contributed by atoms with E-state index in [0.717, 1.165) is 24.8 Å². The van der Waals surface area contributed by atoms with Gasteiger partial charge in [-0.1, -0.05) is 24.3 Å². The molecule has 1 aliphatic rings. The van der Waals surface area contributed by atoms with Crippen LogP contribution < -0.4 is 15.4 Å². The summed E-state index contributed by atoms with van der Waals surface area (Å²) in [6.45, 7) is 1.20. The van der Waals surface area contributed by atoms with E-state index in [0.29, 0.717) is 11.3 Å². The molecule has 2 aromatic carbocycles. The molecule has 7 heteroatoms. The van der Waals surface area contributed by atoms with Gasteiger partial charge in [0.2, 0.25) is 0 Å². The molecule has 0 saturated heterocycles. The molecule has 2 aromatic rings. The molecule has 2 N–H and O–H groups in total. The predicted octanol–water partition coefficient (Wildman–Crippen LogP) is 2.55. The van der Waals surface area contributed by atoms with E-state index in [9.17, 15) is 14.4 Å². The third-order valence-corrected chi connectivity index (χ3v) is 5.11. The van der Waals surface area contributed by atoms with Gasteiger partial charge in [-0.25, -0.2) is 0 Å². The molecule has 0 bridgehead atoms. The highest BCUT2D eigenvalue weighted by Gasteiger charge is 2.25. The van der Waals surface area contributed by atoms with Crippen LogP contribution in [0, 0.1) is 0 Å². The summed E-state index contributed by atoms with van der Waals surface area (Å²) in [5.41, 5.74) is 2.74. The average Bonchev–Trinajstić information content (AvgIpc) is 2.77. The first-order valence-electron chi connectivity index (χ1n) is 9.98. The van der Waals surface area contributed by atoms with E-state index in [4.69, 9.17) is 9.47 Å². The second-order valence-electron chi connectivity index (χ2n) is 7.20. The summed E-state index contributed by atoms with van der Waals surface area (Å²) in [6.07, 6.45) is 1.89. The second kappa shape index (κ2) is 9.91. The van der Waals surface area contributed by atoms with Crippen LogP contribution in [0.3, 0.4) is 0 Å². The lowest BCUT2D eigenvalue weighted by atomic mass is 9.87. The summed E-state index contributed by atoms with van der Waals surface area (Å²) in [4.78, 5) is 36.6. The van der Waals surface area contributed by atoms with Crippen molar-refractivity contribution >= 4 is 17.8 Å². The van der Waals surface area contributed by atoms with Gasteiger partial charge in [-0.2, -0.15) is 0 Å². The summed E-state index contributed by atoms with van der Waals surface area (Å²) >= 11 is 0. The summed E-state index contributed by atoms with van der Waals surface area (Å²) in [7, 11) is 1.54. The van der Waals surface area contributed by atoms with E-state index in [-0.39, 0.29) is 18.5 Å². The van der Waals surface area contributed by atoms with Gasteiger partial charge in [0.25, 0.3) is 11.8 Å². The molecule has 0 aliphatic heterocycles. The lowest BCUT2D eigenvalue weighted by Gasteiger charge is -2.27. The van der Waals surface area contributed by atoms with Crippen LogP contribution in [0.4, 0.5) is 0 Å². The average molecular weight is 410 g/mol. The second-order valence-corrected chi connectivity index (χ2v) is 7.20. The Balaban J connectivity index is 1.47. The zero-order valence-electron chi connectivity index (χ0n) is 17.1. The van der Waals surface area contributed by atoms with Gasteiger partial charge in [-0.05, 0) is 61.6 Å². The fraction of sp³-hybridized carbons (Fsp3) is 0.348. The highest BCUT2D eigenvalue weighted by Crippen LogP contribution is 2.29. The number of carbonyl (C=O) groups excluding carboxylic acids is 3. The first kappa shape index (κ1) is 21.4. The van der Waals surface area contributed by atoms with Crippen LogP contribution in [0.1, 0.15) is 47.3 Å². The number of fused-ring (bicyclic) bond motifs is 1. The summed E-state index contributed by atoms with van der Waals surface area (Å²) < 4.78 is 10.2. The Morgan fingerprint density at radius 3 is 2.57 bits per heavy atom. The van der Waals surface area contributed by atoms with Crippen molar-refractivity contribution in [2.45, 2.75) is 38.3 Å². The van der Waals surface area contributed by atoms with Crippen LogP contribution >= 0.6 is 0 Å². The van der Waals surface area contributed by atoms with Crippen molar-refractivity contribution in [3.05, 3.63) is 65.2 Å². The van der Waals surface area contributed by atoms with E-state index < -0.39 is 18.0 Å². The molecule has 2 amide bonds. The Hall–Kier alpha value is -3.35. The van der Waals surface area contributed by atoms with Crippen molar-refractivity contribution in [2.75, 3.05) is 13.7 Å². The maximum absolute atomic E-state index is 12.5. The van der Waals surface area contributed by atoms with Gasteiger partial charge < -0.3 is 20.1 Å². The lowest BCUT2D eigenvalue weighted by molar-refractivity contribution is -0.154. The SMILES string of the molecule is COc1ccc(C(=O)NCC(=O)O[C@H](C)C(=O)N[C@@H]2CCCc3ccccc32)cc1. The normalized spacial score (nSPS) is 16.0. The quantitative estimate of drug-likeness (QED) is 0.685. The van der Waals surface area contributed by atoms with Gasteiger partial charge in [0.05, 0.1) is 13.2 Å². The predicted molar refractivity (Wildman–Crippen MR) is 111 cm³/mol. The number of nitrogens with one attached hydrogen (secondary N) is 2. The fourth-order valence-corrected chi connectivity index (χ4v) is 3.48. The molecular weight excluding hydrogens is 384 g/mol. The highest BCUT2D eigenvalue weighted by molar-refractivity contribution is 5.96. The molecule has 0 fully saturated rings. The topological polar surface area (TPSA) is 93.7 Å². The standard InChI is InChI=1S/C23H26N2O5/c1-15(22(27)25-20-9-5-7-16-6-3-4-8-19(16)20)30-21(26)14-24-23(28)17-10-12-18(29-2)13-11-17/h3-4,6,8,10-13,15,20H,5,7,9,14H2,1-2H3,(H,24,28)(H,25,27)/t15-,20-/m1/s1. The molecule has 7 nitrogen and oxygen atoms in total. The Morgan fingerprint density at radius 1 is 1.10 bits per heavy atom. The number of esters is 1. The first-order chi connectivity index (χ1) is 14.5. The van der Waals surface area contributed by atoms with Crippen LogP contribution in [-0.2, 0) is 20.7 Å². The van der Waals surface area contributed by atoms with Gasteiger partial charge in [0.15, 0.2) is 6.10 Å². The molecule has 2 atom stereocenters. The Kier molecular flexibility index (Phi) is 7.06. The largest absolute Gasteiger partial charge is 0.497 e. The van der Waals surface area contributed by atoms with E-state index >= 15 is 0 Å². The van der Waals surface area contributed by atoms with Crippen molar-refractivity contribution in [1.29, 1.82) is 0 Å². The molecule has 0 heterocycles. The minimum absolute atomic E-state index is 0.0848. The molecule has 0 spiro atoms. The van der Waals surface area contributed by atoms with Crippen LogP contribution in [-0.4, -0.2) is 37.5 Å². The smallest absolute Gasteiger partial charge is 0.326 e. The third-order valence-electron chi connectivity index (χ3n) is 5.11. The molecule has 0 saturated carbocycles.